The fourth-order valence-corrected chi connectivity index (χ4v) is 1.23. The maximum Gasteiger partial charge on any atom is 0.311 e. The molecule has 2 N–H and O–H groups in total. The SMILES string of the molecule is Cn1cc(Oc2ccc([N+](=O)[O-])c(N)n2)cn1. The van der Waals surface area contributed by atoms with Crippen LogP contribution in [0.5, 0.6) is 11.6 Å². The van der Waals surface area contributed by atoms with Crippen molar-refractivity contribution in [1.29, 1.82) is 0 Å². The Morgan fingerprint density at radius 3 is 2.82 bits per heavy atom. The van der Waals surface area contributed by atoms with Crippen LogP contribution in [0.3, 0.4) is 0 Å². The van der Waals surface area contributed by atoms with Crippen LogP contribution in [0.4, 0.5) is 11.5 Å². The molecule has 2 heterocycles. The Kier molecular flexibility index (Phi) is 2.61. The molecule has 88 valence electrons. The van der Waals surface area contributed by atoms with Crippen molar-refractivity contribution in [2.24, 2.45) is 7.05 Å². The summed E-state index contributed by atoms with van der Waals surface area (Å²) < 4.78 is 6.88. The Hall–Kier alpha value is -2.64. The van der Waals surface area contributed by atoms with E-state index < -0.39 is 4.92 Å². The van der Waals surface area contributed by atoms with Gasteiger partial charge in [-0.25, -0.2) is 0 Å². The molecule has 17 heavy (non-hydrogen) atoms. The van der Waals surface area contributed by atoms with Crippen LogP contribution >= 0.6 is 0 Å². The maximum absolute atomic E-state index is 10.5. The fourth-order valence-electron chi connectivity index (χ4n) is 1.23. The third-order valence-electron chi connectivity index (χ3n) is 1.98. The van der Waals surface area contributed by atoms with Crippen molar-refractivity contribution >= 4 is 11.5 Å². The summed E-state index contributed by atoms with van der Waals surface area (Å²) in [6.07, 6.45) is 3.14. The molecule has 2 aromatic heterocycles. The number of hydrogen-bond acceptors (Lipinski definition) is 6. The number of hydrogen-bond donors (Lipinski definition) is 1. The number of ether oxygens (including phenoxy) is 1. The normalized spacial score (nSPS) is 10.2. The van der Waals surface area contributed by atoms with E-state index in [2.05, 4.69) is 10.1 Å². The molecule has 0 radical (unpaired) electrons. The molecule has 0 atom stereocenters. The van der Waals surface area contributed by atoms with Crippen LogP contribution in [-0.4, -0.2) is 19.7 Å². The quantitative estimate of drug-likeness (QED) is 0.630. The lowest BCUT2D eigenvalue weighted by atomic mass is 10.4. The number of anilines is 1. The average Bonchev–Trinajstić information content (AvgIpc) is 2.63. The van der Waals surface area contributed by atoms with Gasteiger partial charge in [0.05, 0.1) is 17.3 Å². The van der Waals surface area contributed by atoms with Crippen LogP contribution in [0.15, 0.2) is 24.5 Å². The van der Waals surface area contributed by atoms with E-state index in [0.717, 1.165) is 0 Å². The molecule has 0 saturated heterocycles. The lowest BCUT2D eigenvalue weighted by Gasteiger charge is -2.02. The number of nitrogens with two attached hydrogens (primary N) is 1. The van der Waals surface area contributed by atoms with Gasteiger partial charge in [-0.1, -0.05) is 0 Å². The van der Waals surface area contributed by atoms with E-state index in [1.54, 1.807) is 17.9 Å². The molecular weight excluding hydrogens is 226 g/mol. The van der Waals surface area contributed by atoms with E-state index in [0.29, 0.717) is 5.75 Å². The van der Waals surface area contributed by atoms with E-state index in [1.807, 2.05) is 0 Å². The van der Waals surface area contributed by atoms with Crippen LogP contribution in [0.1, 0.15) is 0 Å². The van der Waals surface area contributed by atoms with Crippen molar-refractivity contribution < 1.29 is 9.66 Å². The molecule has 0 aromatic carbocycles. The minimum absolute atomic E-state index is 0.182. The maximum atomic E-state index is 10.5. The van der Waals surface area contributed by atoms with Crippen LogP contribution in [0, 0.1) is 10.1 Å². The van der Waals surface area contributed by atoms with E-state index in [1.165, 1.54) is 18.3 Å². The minimum Gasteiger partial charge on any atom is -0.436 e. The predicted molar refractivity (Wildman–Crippen MR) is 58.6 cm³/mol. The summed E-state index contributed by atoms with van der Waals surface area (Å²) in [5.74, 6) is 0.478. The number of aromatic nitrogens is 3. The summed E-state index contributed by atoms with van der Waals surface area (Å²) in [5, 5.41) is 14.4. The molecule has 2 aromatic rings. The highest BCUT2D eigenvalue weighted by molar-refractivity contribution is 5.53. The second-order valence-corrected chi connectivity index (χ2v) is 3.26. The van der Waals surface area contributed by atoms with Crippen molar-refractivity contribution in [3.63, 3.8) is 0 Å². The van der Waals surface area contributed by atoms with Gasteiger partial charge in [-0.3, -0.25) is 14.8 Å². The Balaban J connectivity index is 2.23. The van der Waals surface area contributed by atoms with Gasteiger partial charge in [-0.15, -0.1) is 0 Å². The number of nitro groups is 1. The average molecular weight is 235 g/mol. The first kappa shape index (κ1) is 10.9. The third-order valence-corrected chi connectivity index (χ3v) is 1.98. The highest BCUT2D eigenvalue weighted by atomic mass is 16.6. The molecule has 0 unspecified atom stereocenters. The monoisotopic (exact) mass is 235 g/mol. The van der Waals surface area contributed by atoms with Crippen molar-refractivity contribution in [2.45, 2.75) is 0 Å². The molecule has 0 saturated carbocycles. The minimum atomic E-state index is -0.601. The molecule has 8 nitrogen and oxygen atoms in total. The third kappa shape index (κ3) is 2.30. The molecule has 0 aliphatic carbocycles. The van der Waals surface area contributed by atoms with Crippen LogP contribution in [0.25, 0.3) is 0 Å². The number of nitrogens with zero attached hydrogens (tertiary/aromatic N) is 4. The largest absolute Gasteiger partial charge is 0.436 e. The van der Waals surface area contributed by atoms with E-state index in [9.17, 15) is 10.1 Å². The molecule has 0 spiro atoms. The zero-order valence-corrected chi connectivity index (χ0v) is 8.90. The second kappa shape index (κ2) is 4.08. The molecule has 2 rings (SSSR count). The fraction of sp³-hybridized carbons (Fsp3) is 0.111. The Morgan fingerprint density at radius 1 is 1.53 bits per heavy atom. The van der Waals surface area contributed by atoms with Gasteiger partial charge in [-0.2, -0.15) is 10.1 Å². The van der Waals surface area contributed by atoms with Gasteiger partial charge >= 0.3 is 5.69 Å². The summed E-state index contributed by atoms with van der Waals surface area (Å²) in [6, 6.07) is 2.62. The first-order valence-electron chi connectivity index (χ1n) is 4.63. The lowest BCUT2D eigenvalue weighted by Crippen LogP contribution is -1.99. The zero-order chi connectivity index (χ0) is 12.4. The topological polar surface area (TPSA) is 109 Å². The second-order valence-electron chi connectivity index (χ2n) is 3.26. The van der Waals surface area contributed by atoms with Gasteiger partial charge < -0.3 is 10.5 Å². The van der Waals surface area contributed by atoms with Gasteiger partial charge in [0, 0.05) is 19.2 Å². The molecule has 0 amide bonds. The Labute approximate surface area is 95.8 Å². The highest BCUT2D eigenvalue weighted by Crippen LogP contribution is 2.25. The lowest BCUT2D eigenvalue weighted by molar-refractivity contribution is -0.384. The summed E-state index contributed by atoms with van der Waals surface area (Å²) in [4.78, 5) is 13.7. The van der Waals surface area contributed by atoms with Gasteiger partial charge in [0.1, 0.15) is 0 Å². The van der Waals surface area contributed by atoms with Crippen LogP contribution in [-0.2, 0) is 7.05 Å². The first-order valence-corrected chi connectivity index (χ1v) is 4.63. The molecule has 8 heteroatoms. The van der Waals surface area contributed by atoms with Crippen LogP contribution < -0.4 is 10.5 Å². The van der Waals surface area contributed by atoms with Gasteiger partial charge in [-0.05, 0) is 0 Å². The van der Waals surface area contributed by atoms with E-state index in [4.69, 9.17) is 10.5 Å². The highest BCUT2D eigenvalue weighted by Gasteiger charge is 2.13. The van der Waals surface area contributed by atoms with Crippen molar-refractivity contribution in [3.8, 4) is 11.6 Å². The number of aryl methyl sites for hydroxylation is 1. The van der Waals surface area contributed by atoms with Crippen LogP contribution in [0.2, 0.25) is 0 Å². The summed E-state index contributed by atoms with van der Waals surface area (Å²) >= 11 is 0. The predicted octanol–water partition coefficient (Wildman–Crippen LogP) is 1.10. The van der Waals surface area contributed by atoms with Gasteiger partial charge in [0.25, 0.3) is 0 Å². The van der Waals surface area contributed by atoms with Gasteiger partial charge in [0.2, 0.25) is 11.7 Å². The van der Waals surface area contributed by atoms with Crippen molar-refractivity contribution in [1.82, 2.24) is 14.8 Å². The Bertz CT molecular complexity index is 566. The van der Waals surface area contributed by atoms with Crippen molar-refractivity contribution in [3.05, 3.63) is 34.6 Å². The Morgan fingerprint density at radius 2 is 2.29 bits per heavy atom. The number of rotatable bonds is 3. The molecular formula is C9H9N5O3. The smallest absolute Gasteiger partial charge is 0.311 e. The molecule has 0 aliphatic rings. The summed E-state index contributed by atoms with van der Waals surface area (Å²) in [7, 11) is 1.74. The molecule has 0 aliphatic heterocycles. The number of nitrogen functional groups attached to an aromatic ring is 1. The molecule has 0 fully saturated rings. The van der Waals surface area contributed by atoms with E-state index in [-0.39, 0.29) is 17.4 Å². The zero-order valence-electron chi connectivity index (χ0n) is 8.90. The van der Waals surface area contributed by atoms with Crippen molar-refractivity contribution in [2.75, 3.05) is 5.73 Å². The molecule has 0 bridgehead atoms. The first-order chi connectivity index (χ1) is 8.06. The summed E-state index contributed by atoms with van der Waals surface area (Å²) in [6.45, 7) is 0. The van der Waals surface area contributed by atoms with E-state index >= 15 is 0 Å². The standard InChI is InChI=1S/C9H9N5O3/c1-13-5-6(4-11-13)17-8-3-2-7(14(15)16)9(10)12-8/h2-5H,1H3,(H2,10,12). The summed E-state index contributed by atoms with van der Waals surface area (Å²) in [5.41, 5.74) is 5.18. The van der Waals surface area contributed by atoms with Gasteiger partial charge in [0.15, 0.2) is 5.75 Å². The number of pyridine rings is 1.